The first-order chi connectivity index (χ1) is 10.8. The number of nitrogens with one attached hydrogen (secondary N) is 1. The van der Waals surface area contributed by atoms with Crippen molar-refractivity contribution in [3.63, 3.8) is 0 Å². The molecule has 0 aliphatic rings. The number of likely N-dealkylation sites (N-methyl/N-ethyl adjacent to an activating group) is 1. The summed E-state index contributed by atoms with van der Waals surface area (Å²) in [5, 5.41) is 2.97. The minimum Gasteiger partial charge on any atom is -0.468 e. The van der Waals surface area contributed by atoms with E-state index < -0.39 is 0 Å². The Labute approximate surface area is 138 Å². The molecule has 2 rings (SSSR count). The summed E-state index contributed by atoms with van der Waals surface area (Å²) >= 11 is 0. The predicted molar refractivity (Wildman–Crippen MR) is 93.4 cm³/mol. The van der Waals surface area contributed by atoms with Crippen LogP contribution in [0.25, 0.3) is 0 Å². The van der Waals surface area contributed by atoms with Crippen molar-refractivity contribution in [3.05, 3.63) is 54.0 Å². The SMILES string of the molecule is CC(C(=O)Nc1ccc(C(C)(C)C)cc1)N(C)Cc1ccco1. The van der Waals surface area contributed by atoms with Crippen LogP contribution in [0.3, 0.4) is 0 Å². The number of nitrogens with zero attached hydrogens (tertiary/aromatic N) is 1. The van der Waals surface area contributed by atoms with Crippen LogP contribution in [0.1, 0.15) is 39.0 Å². The number of furan rings is 1. The Kier molecular flexibility index (Phi) is 5.26. The number of amides is 1. The number of hydrogen-bond donors (Lipinski definition) is 1. The number of hydrogen-bond acceptors (Lipinski definition) is 3. The van der Waals surface area contributed by atoms with Crippen LogP contribution in [0.4, 0.5) is 5.69 Å². The molecule has 2 aromatic rings. The molecule has 0 bridgehead atoms. The fourth-order valence-corrected chi connectivity index (χ4v) is 2.29. The molecule has 0 aliphatic carbocycles. The van der Waals surface area contributed by atoms with E-state index in [4.69, 9.17) is 4.42 Å². The number of rotatable bonds is 5. The summed E-state index contributed by atoms with van der Waals surface area (Å²) in [6.45, 7) is 9.01. The van der Waals surface area contributed by atoms with Crippen molar-refractivity contribution < 1.29 is 9.21 Å². The van der Waals surface area contributed by atoms with Crippen LogP contribution in [0.15, 0.2) is 47.1 Å². The maximum absolute atomic E-state index is 12.4. The molecule has 0 fully saturated rings. The largest absolute Gasteiger partial charge is 0.468 e. The minimum atomic E-state index is -0.248. The molecule has 0 radical (unpaired) electrons. The highest BCUT2D eigenvalue weighted by Crippen LogP contribution is 2.23. The monoisotopic (exact) mass is 314 g/mol. The molecule has 1 atom stereocenters. The zero-order valence-electron chi connectivity index (χ0n) is 14.6. The topological polar surface area (TPSA) is 45.5 Å². The van der Waals surface area contributed by atoms with E-state index in [0.717, 1.165) is 11.4 Å². The van der Waals surface area contributed by atoms with Crippen LogP contribution >= 0.6 is 0 Å². The minimum absolute atomic E-state index is 0.0254. The van der Waals surface area contributed by atoms with Crippen molar-refractivity contribution in [1.82, 2.24) is 4.90 Å². The van der Waals surface area contributed by atoms with Crippen molar-refractivity contribution in [3.8, 4) is 0 Å². The maximum Gasteiger partial charge on any atom is 0.241 e. The standard InChI is InChI=1S/C19H26N2O2/c1-14(21(5)13-17-7-6-12-23-17)18(22)20-16-10-8-15(9-11-16)19(2,3)4/h6-12,14H,13H2,1-5H3,(H,20,22). The van der Waals surface area contributed by atoms with Crippen LogP contribution in [-0.2, 0) is 16.8 Å². The Balaban J connectivity index is 1.95. The third-order valence-electron chi connectivity index (χ3n) is 4.04. The van der Waals surface area contributed by atoms with Crippen molar-refractivity contribution in [2.75, 3.05) is 12.4 Å². The average molecular weight is 314 g/mol. The maximum atomic E-state index is 12.4. The molecule has 1 N–H and O–H groups in total. The van der Waals surface area contributed by atoms with Gasteiger partial charge in [0.1, 0.15) is 5.76 Å². The van der Waals surface area contributed by atoms with Gasteiger partial charge in [-0.3, -0.25) is 9.69 Å². The van der Waals surface area contributed by atoms with Gasteiger partial charge in [-0.05, 0) is 49.2 Å². The van der Waals surface area contributed by atoms with Crippen LogP contribution in [-0.4, -0.2) is 23.9 Å². The predicted octanol–water partition coefficient (Wildman–Crippen LogP) is 4.04. The summed E-state index contributed by atoms with van der Waals surface area (Å²) in [5.74, 6) is 0.823. The second-order valence-electron chi connectivity index (χ2n) is 6.99. The number of benzene rings is 1. The third-order valence-corrected chi connectivity index (χ3v) is 4.04. The van der Waals surface area contributed by atoms with Crippen molar-refractivity contribution in [2.45, 2.75) is 45.7 Å². The zero-order valence-corrected chi connectivity index (χ0v) is 14.6. The fraction of sp³-hybridized carbons (Fsp3) is 0.421. The normalized spacial score (nSPS) is 13.1. The van der Waals surface area contributed by atoms with Gasteiger partial charge >= 0.3 is 0 Å². The average Bonchev–Trinajstić information content (AvgIpc) is 2.98. The first-order valence-corrected chi connectivity index (χ1v) is 7.91. The lowest BCUT2D eigenvalue weighted by molar-refractivity contribution is -0.120. The van der Waals surface area contributed by atoms with E-state index in [9.17, 15) is 4.79 Å². The van der Waals surface area contributed by atoms with Gasteiger partial charge in [0.2, 0.25) is 5.91 Å². The van der Waals surface area contributed by atoms with Crippen molar-refractivity contribution in [1.29, 1.82) is 0 Å². The molecule has 0 spiro atoms. The Morgan fingerprint density at radius 3 is 2.39 bits per heavy atom. The van der Waals surface area contributed by atoms with Gasteiger partial charge in [0, 0.05) is 5.69 Å². The van der Waals surface area contributed by atoms with Gasteiger partial charge in [-0.1, -0.05) is 32.9 Å². The summed E-state index contributed by atoms with van der Waals surface area (Å²) in [6.07, 6.45) is 1.64. The van der Waals surface area contributed by atoms with Gasteiger partial charge in [0.05, 0.1) is 18.8 Å². The second-order valence-corrected chi connectivity index (χ2v) is 6.99. The van der Waals surface area contributed by atoms with Crippen LogP contribution < -0.4 is 5.32 Å². The molecule has 1 aromatic carbocycles. The molecule has 124 valence electrons. The summed E-state index contributed by atoms with van der Waals surface area (Å²) in [6, 6.07) is 11.6. The Morgan fingerprint density at radius 2 is 1.87 bits per heavy atom. The molecule has 1 heterocycles. The number of carbonyl (C=O) groups is 1. The molecule has 1 unspecified atom stereocenters. The van der Waals surface area contributed by atoms with E-state index in [1.807, 2.05) is 43.1 Å². The first kappa shape index (κ1) is 17.3. The van der Waals surface area contributed by atoms with E-state index in [0.29, 0.717) is 6.54 Å². The highest BCUT2D eigenvalue weighted by molar-refractivity contribution is 5.94. The third kappa shape index (κ3) is 4.70. The van der Waals surface area contributed by atoms with Gasteiger partial charge in [-0.15, -0.1) is 0 Å². The summed E-state index contributed by atoms with van der Waals surface area (Å²) in [7, 11) is 1.91. The van der Waals surface area contributed by atoms with Crippen molar-refractivity contribution in [2.24, 2.45) is 0 Å². The Hall–Kier alpha value is -2.07. The van der Waals surface area contributed by atoms with E-state index >= 15 is 0 Å². The lowest BCUT2D eigenvalue weighted by Gasteiger charge is -2.23. The molecule has 0 aliphatic heterocycles. The van der Waals surface area contributed by atoms with Crippen molar-refractivity contribution >= 4 is 11.6 Å². The molecular weight excluding hydrogens is 288 g/mol. The molecule has 0 saturated carbocycles. The van der Waals surface area contributed by atoms with E-state index in [2.05, 4.69) is 38.2 Å². The zero-order chi connectivity index (χ0) is 17.0. The highest BCUT2D eigenvalue weighted by atomic mass is 16.3. The van der Waals surface area contributed by atoms with Gasteiger partial charge in [-0.25, -0.2) is 0 Å². The van der Waals surface area contributed by atoms with Gasteiger partial charge < -0.3 is 9.73 Å². The number of carbonyl (C=O) groups excluding carboxylic acids is 1. The fourth-order valence-electron chi connectivity index (χ4n) is 2.29. The van der Waals surface area contributed by atoms with Crippen LogP contribution in [0.2, 0.25) is 0 Å². The van der Waals surface area contributed by atoms with Gasteiger partial charge in [0.25, 0.3) is 0 Å². The lowest BCUT2D eigenvalue weighted by atomic mass is 9.87. The van der Waals surface area contributed by atoms with E-state index in [-0.39, 0.29) is 17.4 Å². The van der Waals surface area contributed by atoms with Gasteiger partial charge in [0.15, 0.2) is 0 Å². The summed E-state index contributed by atoms with van der Waals surface area (Å²) in [4.78, 5) is 14.3. The smallest absolute Gasteiger partial charge is 0.241 e. The van der Waals surface area contributed by atoms with Gasteiger partial charge in [-0.2, -0.15) is 0 Å². The molecule has 0 saturated heterocycles. The lowest BCUT2D eigenvalue weighted by Crippen LogP contribution is -2.39. The second kappa shape index (κ2) is 7.01. The molecule has 1 aromatic heterocycles. The summed E-state index contributed by atoms with van der Waals surface area (Å²) < 4.78 is 5.32. The Bertz CT molecular complexity index is 624. The highest BCUT2D eigenvalue weighted by Gasteiger charge is 2.19. The van der Waals surface area contributed by atoms with Crippen LogP contribution in [0, 0.1) is 0 Å². The van der Waals surface area contributed by atoms with E-state index in [1.54, 1.807) is 6.26 Å². The molecular formula is C19H26N2O2. The number of anilines is 1. The van der Waals surface area contributed by atoms with Crippen LogP contribution in [0.5, 0.6) is 0 Å². The summed E-state index contributed by atoms with van der Waals surface area (Å²) in [5.41, 5.74) is 2.18. The first-order valence-electron chi connectivity index (χ1n) is 7.91. The Morgan fingerprint density at radius 1 is 1.22 bits per heavy atom. The quantitative estimate of drug-likeness (QED) is 0.906. The molecule has 23 heavy (non-hydrogen) atoms. The molecule has 4 nitrogen and oxygen atoms in total. The molecule has 1 amide bonds. The molecule has 4 heteroatoms. The van der Waals surface area contributed by atoms with E-state index in [1.165, 1.54) is 5.56 Å².